The molecule has 4 nitrogen and oxygen atoms in total. The zero-order valence-corrected chi connectivity index (χ0v) is 13.6. The molecule has 0 radical (unpaired) electrons. The average Bonchev–Trinajstić information content (AvgIpc) is 2.46. The molecule has 0 heterocycles. The number of hydrogen-bond acceptors (Lipinski definition) is 3. The van der Waals surface area contributed by atoms with Gasteiger partial charge >= 0.3 is 0 Å². The molecule has 0 aromatic heterocycles. The van der Waals surface area contributed by atoms with Gasteiger partial charge in [-0.2, -0.15) is 0 Å². The summed E-state index contributed by atoms with van der Waals surface area (Å²) >= 11 is 9.52. The van der Waals surface area contributed by atoms with E-state index < -0.39 is 5.91 Å². The third-order valence-corrected chi connectivity index (χ3v) is 3.83. The number of benzene rings is 2. The number of carbonyl (C=O) groups is 1. The van der Waals surface area contributed by atoms with Crippen LogP contribution in [0.1, 0.15) is 15.9 Å². The first-order valence-corrected chi connectivity index (χ1v) is 7.23. The smallest absolute Gasteiger partial charge is 0.248 e. The number of hydrogen-bond donors (Lipinski definition) is 1. The van der Waals surface area contributed by atoms with Gasteiger partial charge in [0.1, 0.15) is 18.1 Å². The van der Waals surface area contributed by atoms with Gasteiger partial charge < -0.3 is 15.2 Å². The lowest BCUT2D eigenvalue weighted by molar-refractivity contribution is 0.1000. The molecular formula is C15H13BrClNO3. The van der Waals surface area contributed by atoms with Crippen LogP contribution in [-0.2, 0) is 6.61 Å². The van der Waals surface area contributed by atoms with Crippen LogP contribution in [0.5, 0.6) is 11.5 Å². The van der Waals surface area contributed by atoms with Crippen molar-refractivity contribution >= 4 is 33.4 Å². The predicted octanol–water partition coefficient (Wildman–Crippen LogP) is 3.79. The number of ether oxygens (including phenoxy) is 2. The van der Waals surface area contributed by atoms with E-state index in [4.69, 9.17) is 26.8 Å². The molecular weight excluding hydrogens is 358 g/mol. The van der Waals surface area contributed by atoms with Crippen LogP contribution in [-0.4, -0.2) is 13.0 Å². The standard InChI is InChI=1S/C15H13BrClNO3/c1-20-11-4-5-14(12(16)7-11)21-8-10-3-2-9(15(18)19)6-13(10)17/h2-7H,8H2,1H3,(H2,18,19). The summed E-state index contributed by atoms with van der Waals surface area (Å²) < 4.78 is 11.6. The third-order valence-electron chi connectivity index (χ3n) is 2.86. The SMILES string of the molecule is COc1ccc(OCc2ccc(C(N)=O)cc2Cl)c(Br)c1. The van der Waals surface area contributed by atoms with Gasteiger partial charge in [-0.05, 0) is 46.3 Å². The maximum atomic E-state index is 11.1. The second-order valence-electron chi connectivity index (χ2n) is 4.26. The summed E-state index contributed by atoms with van der Waals surface area (Å²) in [7, 11) is 1.60. The Hall–Kier alpha value is -1.72. The van der Waals surface area contributed by atoms with Gasteiger partial charge in [0.15, 0.2) is 0 Å². The molecule has 0 spiro atoms. The molecule has 2 aromatic carbocycles. The molecule has 21 heavy (non-hydrogen) atoms. The van der Waals surface area contributed by atoms with E-state index in [1.165, 1.54) is 6.07 Å². The molecule has 0 saturated carbocycles. The molecule has 2 N–H and O–H groups in total. The predicted molar refractivity (Wildman–Crippen MR) is 85.0 cm³/mol. The van der Waals surface area contributed by atoms with Crippen molar-refractivity contribution in [3.8, 4) is 11.5 Å². The van der Waals surface area contributed by atoms with Crippen molar-refractivity contribution in [2.24, 2.45) is 5.73 Å². The van der Waals surface area contributed by atoms with Gasteiger partial charge in [-0.1, -0.05) is 17.7 Å². The van der Waals surface area contributed by atoms with Gasteiger partial charge in [0.25, 0.3) is 0 Å². The van der Waals surface area contributed by atoms with E-state index in [1.807, 2.05) is 6.07 Å². The van der Waals surface area contributed by atoms with Crippen LogP contribution in [0.2, 0.25) is 5.02 Å². The minimum absolute atomic E-state index is 0.281. The molecule has 1 amide bonds. The Labute approximate surface area is 135 Å². The van der Waals surface area contributed by atoms with Crippen LogP contribution in [0.3, 0.4) is 0 Å². The highest BCUT2D eigenvalue weighted by Gasteiger charge is 2.08. The number of carbonyl (C=O) groups excluding carboxylic acids is 1. The van der Waals surface area contributed by atoms with Crippen molar-refractivity contribution in [1.29, 1.82) is 0 Å². The van der Waals surface area contributed by atoms with Gasteiger partial charge in [0, 0.05) is 16.1 Å². The summed E-state index contributed by atoms with van der Waals surface area (Å²) in [6, 6.07) is 10.3. The first-order valence-electron chi connectivity index (χ1n) is 6.06. The van der Waals surface area contributed by atoms with E-state index in [0.29, 0.717) is 16.3 Å². The quantitative estimate of drug-likeness (QED) is 0.871. The molecule has 0 aliphatic rings. The van der Waals surface area contributed by atoms with Gasteiger partial charge in [-0.15, -0.1) is 0 Å². The molecule has 2 rings (SSSR count). The molecule has 0 fully saturated rings. The number of nitrogens with two attached hydrogens (primary N) is 1. The fraction of sp³-hybridized carbons (Fsp3) is 0.133. The summed E-state index contributed by atoms with van der Waals surface area (Å²) in [4.78, 5) is 11.1. The number of methoxy groups -OCH3 is 1. The van der Waals surface area contributed by atoms with Crippen molar-refractivity contribution in [3.05, 3.63) is 57.0 Å². The van der Waals surface area contributed by atoms with Gasteiger partial charge in [-0.3, -0.25) is 4.79 Å². The van der Waals surface area contributed by atoms with Crippen molar-refractivity contribution in [1.82, 2.24) is 0 Å². The van der Waals surface area contributed by atoms with Crippen LogP contribution in [0.4, 0.5) is 0 Å². The molecule has 0 bridgehead atoms. The largest absolute Gasteiger partial charge is 0.497 e. The van der Waals surface area contributed by atoms with E-state index in [2.05, 4.69) is 15.9 Å². The Balaban J connectivity index is 2.11. The van der Waals surface area contributed by atoms with Gasteiger partial charge in [-0.25, -0.2) is 0 Å². The number of rotatable bonds is 5. The van der Waals surface area contributed by atoms with Crippen LogP contribution in [0.15, 0.2) is 40.9 Å². The fourth-order valence-electron chi connectivity index (χ4n) is 1.70. The summed E-state index contributed by atoms with van der Waals surface area (Å²) in [6.45, 7) is 0.281. The summed E-state index contributed by atoms with van der Waals surface area (Å²) in [5, 5.41) is 0.441. The van der Waals surface area contributed by atoms with Gasteiger partial charge in [0.05, 0.1) is 11.6 Å². The highest BCUT2D eigenvalue weighted by atomic mass is 79.9. The zero-order chi connectivity index (χ0) is 15.4. The van der Waals surface area contributed by atoms with Crippen molar-refractivity contribution < 1.29 is 14.3 Å². The van der Waals surface area contributed by atoms with Gasteiger partial charge in [0.2, 0.25) is 5.91 Å². The monoisotopic (exact) mass is 369 g/mol. The Kier molecular flexibility index (Phi) is 5.09. The lowest BCUT2D eigenvalue weighted by atomic mass is 10.1. The Morgan fingerprint density at radius 3 is 2.62 bits per heavy atom. The Bertz CT molecular complexity index is 676. The second kappa shape index (κ2) is 6.83. The van der Waals surface area contributed by atoms with Crippen LogP contribution in [0.25, 0.3) is 0 Å². The van der Waals surface area contributed by atoms with E-state index in [0.717, 1.165) is 15.8 Å². The normalized spacial score (nSPS) is 10.2. The lowest BCUT2D eigenvalue weighted by Gasteiger charge is -2.11. The number of amides is 1. The summed E-state index contributed by atoms with van der Waals surface area (Å²) in [5.74, 6) is 0.895. The van der Waals surface area contributed by atoms with E-state index >= 15 is 0 Å². The minimum Gasteiger partial charge on any atom is -0.497 e. The van der Waals surface area contributed by atoms with E-state index in [9.17, 15) is 4.79 Å². The average molecular weight is 371 g/mol. The maximum Gasteiger partial charge on any atom is 0.248 e. The number of halogens is 2. The third kappa shape index (κ3) is 3.89. The Morgan fingerprint density at radius 1 is 1.29 bits per heavy atom. The molecule has 0 saturated heterocycles. The van der Waals surface area contributed by atoms with Crippen molar-refractivity contribution in [2.45, 2.75) is 6.61 Å². The first kappa shape index (κ1) is 15.7. The fourth-order valence-corrected chi connectivity index (χ4v) is 2.41. The topological polar surface area (TPSA) is 61.6 Å². The van der Waals surface area contributed by atoms with E-state index in [-0.39, 0.29) is 6.61 Å². The maximum absolute atomic E-state index is 11.1. The summed E-state index contributed by atoms with van der Waals surface area (Å²) in [5.41, 5.74) is 6.34. The zero-order valence-electron chi connectivity index (χ0n) is 11.2. The Morgan fingerprint density at radius 2 is 2.05 bits per heavy atom. The highest BCUT2D eigenvalue weighted by Crippen LogP contribution is 2.30. The second-order valence-corrected chi connectivity index (χ2v) is 5.52. The molecule has 110 valence electrons. The molecule has 0 unspecified atom stereocenters. The van der Waals surface area contributed by atoms with E-state index in [1.54, 1.807) is 31.4 Å². The molecule has 0 atom stereocenters. The number of primary amides is 1. The van der Waals surface area contributed by atoms with Crippen molar-refractivity contribution in [3.63, 3.8) is 0 Å². The highest BCUT2D eigenvalue weighted by molar-refractivity contribution is 9.10. The molecule has 6 heteroatoms. The molecule has 0 aliphatic carbocycles. The van der Waals surface area contributed by atoms with Crippen LogP contribution in [0, 0.1) is 0 Å². The minimum atomic E-state index is -0.512. The first-order chi connectivity index (χ1) is 10.0. The molecule has 0 aliphatic heterocycles. The lowest BCUT2D eigenvalue weighted by Crippen LogP contribution is -2.11. The van der Waals surface area contributed by atoms with Crippen molar-refractivity contribution in [2.75, 3.05) is 7.11 Å². The van der Waals surface area contributed by atoms with Crippen LogP contribution >= 0.6 is 27.5 Å². The molecule has 2 aromatic rings. The summed E-state index contributed by atoms with van der Waals surface area (Å²) in [6.07, 6.45) is 0. The van der Waals surface area contributed by atoms with Crippen LogP contribution < -0.4 is 15.2 Å².